The quantitative estimate of drug-likeness (QED) is 0.882. The van der Waals surface area contributed by atoms with Crippen molar-refractivity contribution < 1.29 is 14.3 Å². The lowest BCUT2D eigenvalue weighted by molar-refractivity contribution is 0.0364. The first-order chi connectivity index (χ1) is 10.8. The molecule has 7 heteroatoms. The molecule has 0 bridgehead atoms. The maximum Gasteiger partial charge on any atom is 0.407 e. The van der Waals surface area contributed by atoms with E-state index in [0.717, 1.165) is 28.6 Å². The second kappa shape index (κ2) is 6.03. The molecule has 0 radical (unpaired) electrons. The summed E-state index contributed by atoms with van der Waals surface area (Å²) in [5, 5.41) is 2.86. The Kier molecular flexibility index (Phi) is 4.23. The SMILES string of the molecule is CC(C)(C)OC(=O)N[C@H]1C[C@@H](Oc2cc(Br)cn3cncc23)C1. The molecular formula is C16H20BrN3O3. The van der Waals surface area contributed by atoms with Crippen LogP contribution in [0, 0.1) is 0 Å². The summed E-state index contributed by atoms with van der Waals surface area (Å²) in [5.41, 5.74) is 0.449. The van der Waals surface area contributed by atoms with Crippen molar-refractivity contribution in [1.82, 2.24) is 14.7 Å². The molecule has 1 aliphatic carbocycles. The number of aromatic nitrogens is 2. The number of nitrogens with zero attached hydrogens (tertiary/aromatic N) is 2. The molecule has 1 fully saturated rings. The van der Waals surface area contributed by atoms with Gasteiger partial charge in [-0.3, -0.25) is 0 Å². The number of amides is 1. The minimum absolute atomic E-state index is 0.0861. The summed E-state index contributed by atoms with van der Waals surface area (Å²) < 4.78 is 14.1. The number of hydrogen-bond donors (Lipinski definition) is 1. The zero-order valence-corrected chi connectivity index (χ0v) is 15.0. The Bertz CT molecular complexity index is 717. The average molecular weight is 382 g/mol. The summed E-state index contributed by atoms with van der Waals surface area (Å²) in [7, 11) is 0. The van der Waals surface area contributed by atoms with E-state index in [1.807, 2.05) is 37.4 Å². The van der Waals surface area contributed by atoms with Crippen LogP contribution in [0.1, 0.15) is 33.6 Å². The Hall–Kier alpha value is -1.76. The van der Waals surface area contributed by atoms with E-state index in [0.29, 0.717) is 0 Å². The number of carbonyl (C=O) groups excluding carboxylic acids is 1. The molecule has 3 rings (SSSR count). The highest BCUT2D eigenvalue weighted by Gasteiger charge is 2.33. The van der Waals surface area contributed by atoms with Crippen molar-refractivity contribution in [3.05, 3.63) is 29.3 Å². The second-order valence-electron chi connectivity index (χ2n) is 6.76. The number of rotatable bonds is 3. The molecule has 1 saturated carbocycles. The van der Waals surface area contributed by atoms with Gasteiger partial charge in [0.15, 0.2) is 0 Å². The van der Waals surface area contributed by atoms with Crippen LogP contribution in [0.3, 0.4) is 0 Å². The molecule has 2 aromatic rings. The molecule has 0 unspecified atom stereocenters. The highest BCUT2D eigenvalue weighted by atomic mass is 79.9. The molecule has 23 heavy (non-hydrogen) atoms. The molecule has 1 N–H and O–H groups in total. The fraction of sp³-hybridized carbons (Fsp3) is 0.500. The van der Waals surface area contributed by atoms with Gasteiger partial charge in [0.25, 0.3) is 0 Å². The van der Waals surface area contributed by atoms with Gasteiger partial charge in [0.05, 0.1) is 12.5 Å². The minimum Gasteiger partial charge on any atom is -0.488 e. The molecule has 2 aromatic heterocycles. The average Bonchev–Trinajstić information content (AvgIpc) is 2.81. The van der Waals surface area contributed by atoms with E-state index in [1.165, 1.54) is 0 Å². The molecule has 0 aromatic carbocycles. The van der Waals surface area contributed by atoms with E-state index in [1.54, 1.807) is 12.5 Å². The van der Waals surface area contributed by atoms with Gasteiger partial charge in [-0.25, -0.2) is 9.78 Å². The van der Waals surface area contributed by atoms with Crippen molar-refractivity contribution in [3.63, 3.8) is 0 Å². The highest BCUT2D eigenvalue weighted by Crippen LogP contribution is 2.31. The van der Waals surface area contributed by atoms with Gasteiger partial charge in [-0.05, 0) is 42.8 Å². The fourth-order valence-electron chi connectivity index (χ4n) is 2.50. The van der Waals surface area contributed by atoms with Crippen LogP contribution >= 0.6 is 15.9 Å². The molecule has 124 valence electrons. The lowest BCUT2D eigenvalue weighted by Crippen LogP contribution is -2.50. The van der Waals surface area contributed by atoms with Crippen molar-refractivity contribution in [1.29, 1.82) is 0 Å². The summed E-state index contributed by atoms with van der Waals surface area (Å²) in [5.74, 6) is 0.789. The second-order valence-corrected chi connectivity index (χ2v) is 7.68. The Morgan fingerprint density at radius 1 is 1.43 bits per heavy atom. The number of nitrogens with one attached hydrogen (secondary N) is 1. The number of fused-ring (bicyclic) bond motifs is 1. The van der Waals surface area contributed by atoms with Crippen molar-refractivity contribution in [2.24, 2.45) is 0 Å². The lowest BCUT2D eigenvalue weighted by Gasteiger charge is -2.36. The maximum absolute atomic E-state index is 11.7. The van der Waals surface area contributed by atoms with E-state index in [2.05, 4.69) is 26.2 Å². The lowest BCUT2D eigenvalue weighted by atomic mass is 9.89. The smallest absolute Gasteiger partial charge is 0.407 e. The Morgan fingerprint density at radius 3 is 2.87 bits per heavy atom. The van der Waals surface area contributed by atoms with E-state index >= 15 is 0 Å². The zero-order valence-electron chi connectivity index (χ0n) is 13.4. The van der Waals surface area contributed by atoms with Gasteiger partial charge >= 0.3 is 6.09 Å². The normalized spacial score (nSPS) is 20.9. The Labute approximate surface area is 143 Å². The predicted molar refractivity (Wildman–Crippen MR) is 89.7 cm³/mol. The number of ether oxygens (including phenoxy) is 2. The number of alkyl carbamates (subject to hydrolysis) is 1. The van der Waals surface area contributed by atoms with E-state index in [-0.39, 0.29) is 18.2 Å². The number of hydrogen-bond acceptors (Lipinski definition) is 4. The maximum atomic E-state index is 11.7. The highest BCUT2D eigenvalue weighted by molar-refractivity contribution is 9.10. The first kappa shape index (κ1) is 16.1. The van der Waals surface area contributed by atoms with E-state index in [9.17, 15) is 4.79 Å². The first-order valence-electron chi connectivity index (χ1n) is 7.57. The summed E-state index contributed by atoms with van der Waals surface area (Å²) >= 11 is 3.47. The van der Waals surface area contributed by atoms with Crippen LogP contribution in [0.5, 0.6) is 5.75 Å². The molecule has 0 saturated heterocycles. The van der Waals surface area contributed by atoms with Gasteiger partial charge in [0, 0.05) is 29.6 Å². The van der Waals surface area contributed by atoms with E-state index in [4.69, 9.17) is 9.47 Å². The zero-order chi connectivity index (χ0) is 16.6. The minimum atomic E-state index is -0.479. The molecule has 6 nitrogen and oxygen atoms in total. The molecular weight excluding hydrogens is 362 g/mol. The van der Waals surface area contributed by atoms with Crippen molar-refractivity contribution in [3.8, 4) is 5.75 Å². The molecule has 1 amide bonds. The predicted octanol–water partition coefficient (Wildman–Crippen LogP) is 3.53. The number of pyridine rings is 1. The van der Waals surface area contributed by atoms with Gasteiger partial charge in [-0.1, -0.05) is 0 Å². The molecule has 0 spiro atoms. The van der Waals surface area contributed by atoms with Crippen molar-refractivity contribution >= 4 is 27.5 Å². The largest absolute Gasteiger partial charge is 0.488 e. The van der Waals surface area contributed by atoms with E-state index < -0.39 is 5.60 Å². The third-order valence-electron chi connectivity index (χ3n) is 3.56. The van der Waals surface area contributed by atoms with Crippen LogP contribution in [-0.4, -0.2) is 33.2 Å². The van der Waals surface area contributed by atoms with Gasteiger partial charge in [0.2, 0.25) is 0 Å². The third-order valence-corrected chi connectivity index (χ3v) is 3.99. The monoisotopic (exact) mass is 381 g/mol. The number of halogens is 1. The summed E-state index contributed by atoms with van der Waals surface area (Å²) in [6.45, 7) is 5.55. The van der Waals surface area contributed by atoms with Crippen LogP contribution in [0.15, 0.2) is 29.3 Å². The van der Waals surface area contributed by atoms with Crippen molar-refractivity contribution in [2.45, 2.75) is 51.4 Å². The third kappa shape index (κ3) is 3.96. The summed E-state index contributed by atoms with van der Waals surface area (Å²) in [6.07, 6.45) is 6.70. The number of carbonyl (C=O) groups is 1. The van der Waals surface area contributed by atoms with Gasteiger partial charge in [-0.15, -0.1) is 0 Å². The Balaban J connectivity index is 1.54. The van der Waals surface area contributed by atoms with Crippen LogP contribution in [0.25, 0.3) is 5.52 Å². The van der Waals surface area contributed by atoms with Gasteiger partial charge in [-0.2, -0.15) is 0 Å². The van der Waals surface area contributed by atoms with Crippen molar-refractivity contribution in [2.75, 3.05) is 0 Å². The molecule has 2 heterocycles. The van der Waals surface area contributed by atoms with Crippen LogP contribution in [0.2, 0.25) is 0 Å². The topological polar surface area (TPSA) is 64.9 Å². The standard InChI is InChI=1S/C16H20BrN3O3/c1-16(2,3)23-15(21)19-11-5-12(6-11)22-14-4-10(17)8-20-9-18-7-13(14)20/h4,7-9,11-12H,5-6H2,1-3H3,(H,19,21)/t11-,12+. The fourth-order valence-corrected chi connectivity index (χ4v) is 2.92. The van der Waals surface area contributed by atoms with Gasteiger partial charge in [0.1, 0.15) is 23.0 Å². The Morgan fingerprint density at radius 2 is 2.17 bits per heavy atom. The molecule has 1 aliphatic rings. The molecule has 0 atom stereocenters. The van der Waals surface area contributed by atoms with Gasteiger partial charge < -0.3 is 19.2 Å². The van der Waals surface area contributed by atoms with Crippen LogP contribution < -0.4 is 10.1 Å². The van der Waals surface area contributed by atoms with Crippen LogP contribution in [0.4, 0.5) is 4.79 Å². The molecule has 0 aliphatic heterocycles. The van der Waals surface area contributed by atoms with Crippen LogP contribution in [-0.2, 0) is 4.74 Å². The summed E-state index contributed by atoms with van der Waals surface area (Å²) in [4.78, 5) is 15.9. The first-order valence-corrected chi connectivity index (χ1v) is 8.37. The number of imidazole rings is 1. The summed E-state index contributed by atoms with van der Waals surface area (Å²) in [6, 6.07) is 2.04.